The third kappa shape index (κ3) is 9.23. The van der Waals surface area contributed by atoms with Gasteiger partial charge in [-0.25, -0.2) is 0 Å². The van der Waals surface area contributed by atoms with Gasteiger partial charge in [0.15, 0.2) is 5.96 Å². The first-order valence-corrected chi connectivity index (χ1v) is 7.41. The lowest BCUT2D eigenvalue weighted by Crippen LogP contribution is -2.39. The number of hydrogen-bond acceptors (Lipinski definition) is 2. The molecule has 0 amide bonds. The zero-order valence-corrected chi connectivity index (χ0v) is 15.0. The summed E-state index contributed by atoms with van der Waals surface area (Å²) in [5, 5.41) is 6.73. The summed E-state index contributed by atoms with van der Waals surface area (Å²) in [6.45, 7) is 7.06. The van der Waals surface area contributed by atoms with Gasteiger partial charge in [0.05, 0.1) is 6.26 Å². The molecule has 0 aliphatic heterocycles. The molecule has 0 spiro atoms. The fourth-order valence-electron chi connectivity index (χ4n) is 1.74. The van der Waals surface area contributed by atoms with E-state index in [2.05, 4.69) is 29.5 Å². The number of furan rings is 1. The van der Waals surface area contributed by atoms with E-state index < -0.39 is 0 Å². The maximum absolute atomic E-state index is 5.31. The van der Waals surface area contributed by atoms with Crippen molar-refractivity contribution in [2.24, 2.45) is 4.99 Å². The molecule has 116 valence electrons. The summed E-state index contributed by atoms with van der Waals surface area (Å²) < 4.78 is 5.31. The molecule has 0 unspecified atom stereocenters. The van der Waals surface area contributed by atoms with Crippen LogP contribution in [0.1, 0.15) is 45.3 Å². The van der Waals surface area contributed by atoms with Gasteiger partial charge in [-0.1, -0.05) is 26.7 Å². The van der Waals surface area contributed by atoms with Crippen molar-refractivity contribution in [1.29, 1.82) is 0 Å². The van der Waals surface area contributed by atoms with Gasteiger partial charge in [0.25, 0.3) is 0 Å². The minimum atomic E-state index is 0. The predicted octanol–water partition coefficient (Wildman–Crippen LogP) is 3.58. The Kier molecular flexibility index (Phi) is 12.8. The summed E-state index contributed by atoms with van der Waals surface area (Å²) in [4.78, 5) is 4.52. The number of rotatable bonds is 9. The van der Waals surface area contributed by atoms with E-state index in [1.807, 2.05) is 12.1 Å². The molecule has 0 aromatic carbocycles. The summed E-state index contributed by atoms with van der Waals surface area (Å²) in [6.07, 6.45) is 7.37. The molecule has 0 saturated carbocycles. The number of nitrogens with zero attached hydrogens (tertiary/aromatic N) is 1. The van der Waals surface area contributed by atoms with E-state index in [-0.39, 0.29) is 24.0 Å². The van der Waals surface area contributed by atoms with Crippen LogP contribution in [-0.4, -0.2) is 25.6 Å². The van der Waals surface area contributed by atoms with Crippen LogP contribution in [0.15, 0.2) is 27.8 Å². The summed E-state index contributed by atoms with van der Waals surface area (Å²) in [6, 6.07) is 3.92. The van der Waals surface area contributed by atoms with Gasteiger partial charge in [-0.05, 0) is 25.0 Å². The highest BCUT2D eigenvalue weighted by Gasteiger charge is 1.99. The Morgan fingerprint density at radius 1 is 1.15 bits per heavy atom. The molecule has 0 atom stereocenters. The average Bonchev–Trinajstić information content (AvgIpc) is 2.93. The maximum atomic E-state index is 5.31. The summed E-state index contributed by atoms with van der Waals surface area (Å²) in [5.41, 5.74) is 0. The van der Waals surface area contributed by atoms with Crippen molar-refractivity contribution in [2.75, 3.05) is 19.6 Å². The Morgan fingerprint density at radius 2 is 1.95 bits per heavy atom. The molecular weight excluding hydrogens is 365 g/mol. The average molecular weight is 393 g/mol. The first-order chi connectivity index (χ1) is 9.36. The first kappa shape index (κ1) is 19.3. The molecule has 20 heavy (non-hydrogen) atoms. The van der Waals surface area contributed by atoms with Crippen LogP contribution in [0.5, 0.6) is 0 Å². The van der Waals surface area contributed by atoms with Gasteiger partial charge in [-0.3, -0.25) is 4.99 Å². The lowest BCUT2D eigenvalue weighted by molar-refractivity contribution is 0.506. The molecule has 5 heteroatoms. The molecule has 0 aliphatic rings. The zero-order chi connectivity index (χ0) is 13.8. The Bertz CT molecular complexity index is 339. The zero-order valence-electron chi connectivity index (χ0n) is 12.7. The quantitative estimate of drug-likeness (QED) is 0.292. The van der Waals surface area contributed by atoms with Crippen molar-refractivity contribution in [3.05, 3.63) is 24.2 Å². The first-order valence-electron chi connectivity index (χ1n) is 7.41. The molecule has 0 bridgehead atoms. The van der Waals surface area contributed by atoms with Crippen molar-refractivity contribution in [3.63, 3.8) is 0 Å². The fourth-order valence-corrected chi connectivity index (χ4v) is 1.74. The highest BCUT2D eigenvalue weighted by Crippen LogP contribution is 1.99. The van der Waals surface area contributed by atoms with E-state index in [0.29, 0.717) is 0 Å². The van der Waals surface area contributed by atoms with Gasteiger partial charge in [0.1, 0.15) is 5.76 Å². The van der Waals surface area contributed by atoms with Crippen LogP contribution in [0.3, 0.4) is 0 Å². The molecule has 2 N–H and O–H groups in total. The van der Waals surface area contributed by atoms with E-state index >= 15 is 0 Å². The van der Waals surface area contributed by atoms with Crippen LogP contribution in [0.4, 0.5) is 0 Å². The van der Waals surface area contributed by atoms with Gasteiger partial charge in [-0.2, -0.15) is 0 Å². The summed E-state index contributed by atoms with van der Waals surface area (Å²) >= 11 is 0. The van der Waals surface area contributed by atoms with Crippen molar-refractivity contribution in [3.8, 4) is 0 Å². The van der Waals surface area contributed by atoms with Gasteiger partial charge >= 0.3 is 0 Å². The van der Waals surface area contributed by atoms with Gasteiger partial charge in [-0.15, -0.1) is 24.0 Å². The number of aliphatic imine (C=N–C) groups is 1. The normalized spacial score (nSPS) is 11.0. The second-order valence-corrected chi connectivity index (χ2v) is 4.62. The van der Waals surface area contributed by atoms with Crippen LogP contribution in [0.2, 0.25) is 0 Å². The third-order valence-electron chi connectivity index (χ3n) is 2.81. The number of halogens is 1. The Labute approximate surface area is 139 Å². The molecule has 4 nitrogen and oxygen atoms in total. The van der Waals surface area contributed by atoms with Gasteiger partial charge in [0, 0.05) is 26.1 Å². The third-order valence-corrected chi connectivity index (χ3v) is 2.81. The van der Waals surface area contributed by atoms with Crippen LogP contribution in [0.25, 0.3) is 0 Å². The predicted molar refractivity (Wildman–Crippen MR) is 96.0 cm³/mol. The molecule has 0 fully saturated rings. The molecule has 0 aliphatic carbocycles. The van der Waals surface area contributed by atoms with Crippen LogP contribution < -0.4 is 10.6 Å². The van der Waals surface area contributed by atoms with Crippen LogP contribution in [-0.2, 0) is 6.42 Å². The van der Waals surface area contributed by atoms with Crippen molar-refractivity contribution < 1.29 is 4.42 Å². The number of nitrogens with one attached hydrogen (secondary N) is 2. The number of unbranched alkanes of at least 4 members (excludes halogenated alkanes) is 2. The van der Waals surface area contributed by atoms with E-state index in [0.717, 1.165) is 44.2 Å². The topological polar surface area (TPSA) is 49.6 Å². The minimum absolute atomic E-state index is 0. The smallest absolute Gasteiger partial charge is 0.191 e. The monoisotopic (exact) mass is 393 g/mol. The van der Waals surface area contributed by atoms with Crippen LogP contribution in [0, 0.1) is 0 Å². The number of guanidine groups is 1. The second kappa shape index (κ2) is 13.3. The number of hydrogen-bond donors (Lipinski definition) is 2. The van der Waals surface area contributed by atoms with E-state index in [1.165, 1.54) is 19.3 Å². The molecule has 1 aromatic rings. The molecule has 1 heterocycles. The molecule has 0 radical (unpaired) electrons. The van der Waals surface area contributed by atoms with Gasteiger partial charge in [0.2, 0.25) is 0 Å². The lowest BCUT2D eigenvalue weighted by atomic mass is 10.2. The molecule has 0 saturated heterocycles. The standard InChI is InChI=1S/C15H27N3O.HI/c1-3-5-6-11-17-15(16-10-4-2)18-12-9-14-8-7-13-19-14;/h7-8,13H,3-6,9-12H2,1-2H3,(H2,16,17,18);1H. The van der Waals surface area contributed by atoms with Gasteiger partial charge < -0.3 is 15.1 Å². The lowest BCUT2D eigenvalue weighted by Gasteiger charge is -2.11. The Balaban J connectivity index is 0.00000361. The maximum Gasteiger partial charge on any atom is 0.191 e. The SMILES string of the molecule is CCCCCNC(=NCCC)NCCc1ccco1.I. The Morgan fingerprint density at radius 3 is 2.60 bits per heavy atom. The highest BCUT2D eigenvalue weighted by molar-refractivity contribution is 14.0. The molecular formula is C15H28IN3O. The summed E-state index contributed by atoms with van der Waals surface area (Å²) in [7, 11) is 0. The van der Waals surface area contributed by atoms with E-state index in [9.17, 15) is 0 Å². The Hall–Kier alpha value is -0.720. The van der Waals surface area contributed by atoms with Crippen molar-refractivity contribution in [1.82, 2.24) is 10.6 Å². The van der Waals surface area contributed by atoms with Crippen molar-refractivity contribution >= 4 is 29.9 Å². The molecule has 1 rings (SSSR count). The fraction of sp³-hybridized carbons (Fsp3) is 0.667. The van der Waals surface area contributed by atoms with E-state index in [4.69, 9.17) is 4.42 Å². The largest absolute Gasteiger partial charge is 0.469 e. The highest BCUT2D eigenvalue weighted by atomic mass is 127. The molecule has 1 aromatic heterocycles. The van der Waals surface area contributed by atoms with Crippen molar-refractivity contribution in [2.45, 2.75) is 46.0 Å². The minimum Gasteiger partial charge on any atom is -0.469 e. The second-order valence-electron chi connectivity index (χ2n) is 4.62. The van der Waals surface area contributed by atoms with E-state index in [1.54, 1.807) is 6.26 Å². The summed E-state index contributed by atoms with van der Waals surface area (Å²) in [5.74, 6) is 1.93. The van der Waals surface area contributed by atoms with Crippen LogP contribution >= 0.6 is 24.0 Å².